The summed E-state index contributed by atoms with van der Waals surface area (Å²) in [5, 5.41) is 3.57. The van der Waals surface area contributed by atoms with E-state index in [0.29, 0.717) is 6.61 Å². The average molecular weight is 422 g/mol. The lowest BCUT2D eigenvalue weighted by Crippen LogP contribution is -2.48. The quantitative estimate of drug-likeness (QED) is 0.449. The monoisotopic (exact) mass is 421 g/mol. The van der Waals surface area contributed by atoms with E-state index in [1.54, 1.807) is 0 Å². The smallest absolute Gasteiger partial charge is 0.309 e. The molecule has 3 rings (SSSR count). The molecular weight excluding hydrogens is 394 g/mol. The van der Waals surface area contributed by atoms with Gasteiger partial charge in [-0.05, 0) is 50.3 Å². The van der Waals surface area contributed by atoms with E-state index in [2.05, 4.69) is 55.4 Å². The Morgan fingerprint density at radius 1 is 1.38 bits per heavy atom. The van der Waals surface area contributed by atoms with Gasteiger partial charge in [0.2, 0.25) is 0 Å². The van der Waals surface area contributed by atoms with Crippen molar-refractivity contribution in [2.75, 3.05) is 33.3 Å². The Bertz CT molecular complexity index is 665. The highest BCUT2D eigenvalue weighted by molar-refractivity contribution is 9.10. The van der Waals surface area contributed by atoms with Crippen LogP contribution in [-0.2, 0) is 14.9 Å². The van der Waals surface area contributed by atoms with Crippen LogP contribution in [0.25, 0.3) is 0 Å². The molecule has 1 aliphatic heterocycles. The van der Waals surface area contributed by atoms with Crippen LogP contribution >= 0.6 is 15.9 Å². The number of piperidine rings is 1. The molecular formula is C20H28BrN3O2. The number of hydrogen-bond acceptors (Lipinski definition) is 3. The summed E-state index contributed by atoms with van der Waals surface area (Å²) < 4.78 is 6.29. The topological polar surface area (TPSA) is 53.9 Å². The third-order valence-corrected chi connectivity index (χ3v) is 5.99. The molecule has 0 spiro atoms. The summed E-state index contributed by atoms with van der Waals surface area (Å²) in [7, 11) is 1.83. The SMILES string of the molecule is CCOC(=O)C1CCN(C(=NC)NCC2(c3cccc(Br)c3)CC2)CC1. The fourth-order valence-electron chi connectivity index (χ4n) is 3.70. The molecule has 1 aliphatic carbocycles. The van der Waals surface area contributed by atoms with Crippen molar-refractivity contribution >= 4 is 27.9 Å². The Morgan fingerprint density at radius 2 is 2.12 bits per heavy atom. The van der Waals surface area contributed by atoms with Crippen LogP contribution < -0.4 is 5.32 Å². The number of aliphatic imine (C=N–C) groups is 1. The van der Waals surface area contributed by atoms with Crippen LogP contribution in [-0.4, -0.2) is 50.1 Å². The van der Waals surface area contributed by atoms with E-state index in [4.69, 9.17) is 4.74 Å². The normalized spacial score (nSPS) is 20.0. The molecule has 0 aromatic heterocycles. The van der Waals surface area contributed by atoms with E-state index in [-0.39, 0.29) is 17.3 Å². The summed E-state index contributed by atoms with van der Waals surface area (Å²) >= 11 is 3.58. The van der Waals surface area contributed by atoms with Crippen LogP contribution in [0.15, 0.2) is 33.7 Å². The van der Waals surface area contributed by atoms with Crippen molar-refractivity contribution in [2.24, 2.45) is 10.9 Å². The van der Waals surface area contributed by atoms with Gasteiger partial charge < -0.3 is 15.0 Å². The fourth-order valence-corrected chi connectivity index (χ4v) is 4.10. The Labute approximate surface area is 164 Å². The van der Waals surface area contributed by atoms with Gasteiger partial charge >= 0.3 is 5.97 Å². The van der Waals surface area contributed by atoms with E-state index in [0.717, 1.165) is 42.9 Å². The molecule has 0 atom stereocenters. The number of nitrogens with zero attached hydrogens (tertiary/aromatic N) is 2. The van der Waals surface area contributed by atoms with E-state index >= 15 is 0 Å². The van der Waals surface area contributed by atoms with Crippen molar-refractivity contribution in [1.82, 2.24) is 10.2 Å². The van der Waals surface area contributed by atoms with Gasteiger partial charge in [0.05, 0.1) is 12.5 Å². The van der Waals surface area contributed by atoms with Gasteiger partial charge in [-0.3, -0.25) is 9.79 Å². The first kappa shape index (κ1) is 19.2. The van der Waals surface area contributed by atoms with E-state index in [1.807, 2.05) is 14.0 Å². The minimum absolute atomic E-state index is 0.0285. The van der Waals surface area contributed by atoms with Crippen LogP contribution in [0.4, 0.5) is 0 Å². The van der Waals surface area contributed by atoms with E-state index in [9.17, 15) is 4.79 Å². The van der Waals surface area contributed by atoms with Crippen LogP contribution in [0.1, 0.15) is 38.2 Å². The van der Waals surface area contributed by atoms with Crippen molar-refractivity contribution in [3.05, 3.63) is 34.3 Å². The first-order chi connectivity index (χ1) is 12.6. The molecule has 6 heteroatoms. The molecule has 5 nitrogen and oxygen atoms in total. The number of ether oxygens (including phenoxy) is 1. The largest absolute Gasteiger partial charge is 0.466 e. The first-order valence-electron chi connectivity index (χ1n) is 9.46. The minimum atomic E-state index is -0.0540. The number of nitrogens with one attached hydrogen (secondary N) is 1. The number of carbonyl (C=O) groups is 1. The number of rotatable bonds is 5. The van der Waals surface area contributed by atoms with Crippen molar-refractivity contribution < 1.29 is 9.53 Å². The number of benzene rings is 1. The second-order valence-corrected chi connectivity index (χ2v) is 8.12. The van der Waals surface area contributed by atoms with Crippen molar-refractivity contribution in [1.29, 1.82) is 0 Å². The van der Waals surface area contributed by atoms with Gasteiger partial charge in [-0.1, -0.05) is 28.1 Å². The molecule has 2 aliphatic rings. The van der Waals surface area contributed by atoms with Gasteiger partial charge in [0, 0.05) is 36.6 Å². The molecule has 2 fully saturated rings. The first-order valence-corrected chi connectivity index (χ1v) is 10.3. The molecule has 142 valence electrons. The van der Waals surface area contributed by atoms with Gasteiger partial charge in [-0.15, -0.1) is 0 Å². The highest BCUT2D eigenvalue weighted by Crippen LogP contribution is 2.48. The van der Waals surface area contributed by atoms with E-state index < -0.39 is 0 Å². The molecule has 1 saturated heterocycles. The minimum Gasteiger partial charge on any atom is -0.466 e. The summed E-state index contributed by atoms with van der Waals surface area (Å²) in [6.07, 6.45) is 4.07. The second-order valence-electron chi connectivity index (χ2n) is 7.20. The average Bonchev–Trinajstić information content (AvgIpc) is 3.44. The van der Waals surface area contributed by atoms with Gasteiger partial charge in [0.1, 0.15) is 0 Å². The summed E-state index contributed by atoms with van der Waals surface area (Å²) in [6.45, 7) is 4.89. The van der Waals surface area contributed by atoms with Gasteiger partial charge in [0.25, 0.3) is 0 Å². The maximum Gasteiger partial charge on any atom is 0.309 e. The number of esters is 1. The maximum absolute atomic E-state index is 11.9. The predicted octanol–water partition coefficient (Wildman–Crippen LogP) is 3.33. The molecule has 1 saturated carbocycles. The van der Waals surface area contributed by atoms with Crippen LogP contribution in [0, 0.1) is 5.92 Å². The van der Waals surface area contributed by atoms with Crippen LogP contribution in [0.3, 0.4) is 0 Å². The molecule has 26 heavy (non-hydrogen) atoms. The standard InChI is InChI=1S/C20H28BrN3O2/c1-3-26-18(25)15-7-11-24(12-8-15)19(22-2)23-14-20(9-10-20)16-5-4-6-17(21)13-16/h4-6,13,15H,3,7-12,14H2,1-2H3,(H,22,23). The second kappa shape index (κ2) is 8.42. The van der Waals surface area contributed by atoms with E-state index in [1.165, 1.54) is 18.4 Å². The fraction of sp³-hybridized carbons (Fsp3) is 0.600. The molecule has 1 N–H and O–H groups in total. The molecule has 1 heterocycles. The molecule has 0 bridgehead atoms. The maximum atomic E-state index is 11.9. The lowest BCUT2D eigenvalue weighted by atomic mass is 9.96. The Balaban J connectivity index is 1.54. The number of carbonyl (C=O) groups excluding carboxylic acids is 1. The predicted molar refractivity (Wildman–Crippen MR) is 107 cm³/mol. The lowest BCUT2D eigenvalue weighted by molar-refractivity contribution is -0.149. The van der Waals surface area contributed by atoms with Crippen molar-refractivity contribution in [3.63, 3.8) is 0 Å². The van der Waals surface area contributed by atoms with Gasteiger partial charge in [-0.25, -0.2) is 0 Å². The number of halogens is 1. The molecule has 0 unspecified atom stereocenters. The van der Waals surface area contributed by atoms with Crippen LogP contribution in [0.2, 0.25) is 0 Å². The highest BCUT2D eigenvalue weighted by Gasteiger charge is 2.44. The summed E-state index contributed by atoms with van der Waals surface area (Å²) in [4.78, 5) is 18.6. The number of guanidine groups is 1. The number of likely N-dealkylation sites (tertiary alicyclic amines) is 1. The highest BCUT2D eigenvalue weighted by atomic mass is 79.9. The van der Waals surface area contributed by atoms with Crippen LogP contribution in [0.5, 0.6) is 0 Å². The van der Waals surface area contributed by atoms with Gasteiger partial charge in [0.15, 0.2) is 5.96 Å². The zero-order valence-corrected chi connectivity index (χ0v) is 17.2. The third-order valence-electron chi connectivity index (χ3n) is 5.50. The van der Waals surface area contributed by atoms with Crippen molar-refractivity contribution in [3.8, 4) is 0 Å². The molecule has 0 radical (unpaired) electrons. The lowest BCUT2D eigenvalue weighted by Gasteiger charge is -2.34. The number of hydrogen-bond donors (Lipinski definition) is 1. The van der Waals surface area contributed by atoms with Crippen molar-refractivity contribution in [2.45, 2.75) is 38.0 Å². The summed E-state index contributed by atoms with van der Waals surface area (Å²) in [6, 6.07) is 8.61. The molecule has 0 amide bonds. The summed E-state index contributed by atoms with van der Waals surface area (Å²) in [5.41, 5.74) is 1.61. The zero-order chi connectivity index (χ0) is 18.6. The Morgan fingerprint density at radius 3 is 2.69 bits per heavy atom. The molecule has 1 aromatic rings. The summed E-state index contributed by atoms with van der Waals surface area (Å²) in [5.74, 6) is 0.913. The van der Waals surface area contributed by atoms with Gasteiger partial charge in [-0.2, -0.15) is 0 Å². The Hall–Kier alpha value is -1.56. The third kappa shape index (κ3) is 4.40. The zero-order valence-electron chi connectivity index (χ0n) is 15.6. The Kier molecular flexibility index (Phi) is 6.22. The molecule has 1 aromatic carbocycles.